The molecule has 1 heterocycles. The summed E-state index contributed by atoms with van der Waals surface area (Å²) in [5.74, 6) is 0.721. The molecule has 0 saturated heterocycles. The third kappa shape index (κ3) is 3.84. The number of fused-ring (bicyclic) bond motifs is 1. The molecule has 1 aliphatic rings. The van der Waals surface area contributed by atoms with E-state index < -0.39 is 5.91 Å². The Balaban J connectivity index is 1.64. The van der Waals surface area contributed by atoms with Crippen molar-refractivity contribution in [3.63, 3.8) is 0 Å². The van der Waals surface area contributed by atoms with Crippen LogP contribution in [0.1, 0.15) is 22.3 Å². The molecule has 3 rings (SSSR count). The van der Waals surface area contributed by atoms with Crippen LogP contribution in [-0.4, -0.2) is 25.0 Å². The first-order valence-electron chi connectivity index (χ1n) is 7.70. The topological polar surface area (TPSA) is 90.7 Å². The van der Waals surface area contributed by atoms with Crippen molar-refractivity contribution in [2.75, 3.05) is 18.5 Å². The van der Waals surface area contributed by atoms with E-state index in [1.807, 2.05) is 18.2 Å². The molecule has 2 amide bonds. The Morgan fingerprint density at radius 1 is 1.00 bits per heavy atom. The van der Waals surface area contributed by atoms with Gasteiger partial charge < -0.3 is 20.5 Å². The minimum atomic E-state index is -0.500. The number of anilines is 1. The molecule has 2 aromatic carbocycles. The second-order valence-electron chi connectivity index (χ2n) is 5.50. The van der Waals surface area contributed by atoms with Gasteiger partial charge in [0.2, 0.25) is 11.8 Å². The molecular weight excluding hydrogens is 308 g/mol. The lowest BCUT2D eigenvalue weighted by Gasteiger charge is -2.10. The van der Waals surface area contributed by atoms with E-state index >= 15 is 0 Å². The zero-order chi connectivity index (χ0) is 16.9. The van der Waals surface area contributed by atoms with Gasteiger partial charge in [0, 0.05) is 17.7 Å². The first-order chi connectivity index (χ1) is 11.6. The van der Waals surface area contributed by atoms with E-state index in [4.69, 9.17) is 15.2 Å². The van der Waals surface area contributed by atoms with Crippen molar-refractivity contribution in [3.8, 4) is 11.5 Å². The SMILES string of the molecule is NC(=O)c1ccc(NC(=O)Cc2ccc3c(c2)OCCCO3)cc1. The zero-order valence-corrected chi connectivity index (χ0v) is 13.1. The highest BCUT2D eigenvalue weighted by molar-refractivity contribution is 5.95. The number of nitrogens with two attached hydrogens (primary N) is 1. The number of benzene rings is 2. The van der Waals surface area contributed by atoms with E-state index in [9.17, 15) is 9.59 Å². The molecule has 0 aromatic heterocycles. The van der Waals surface area contributed by atoms with E-state index in [2.05, 4.69) is 5.32 Å². The summed E-state index contributed by atoms with van der Waals surface area (Å²) in [5, 5.41) is 2.79. The molecule has 0 atom stereocenters. The number of hydrogen-bond donors (Lipinski definition) is 2. The maximum atomic E-state index is 12.2. The van der Waals surface area contributed by atoms with Crippen LogP contribution in [-0.2, 0) is 11.2 Å². The second-order valence-corrected chi connectivity index (χ2v) is 5.50. The van der Waals surface area contributed by atoms with Gasteiger partial charge in [-0.1, -0.05) is 6.07 Å². The minimum absolute atomic E-state index is 0.156. The molecule has 0 spiro atoms. The lowest BCUT2D eigenvalue weighted by molar-refractivity contribution is -0.115. The Morgan fingerprint density at radius 3 is 2.42 bits per heavy atom. The Bertz CT molecular complexity index is 756. The fourth-order valence-corrected chi connectivity index (χ4v) is 2.43. The molecule has 3 N–H and O–H groups in total. The maximum Gasteiger partial charge on any atom is 0.248 e. The van der Waals surface area contributed by atoms with E-state index in [1.54, 1.807) is 24.3 Å². The summed E-state index contributed by atoms with van der Waals surface area (Å²) in [5.41, 5.74) is 7.03. The van der Waals surface area contributed by atoms with Crippen LogP contribution in [0.3, 0.4) is 0 Å². The molecule has 0 aliphatic carbocycles. The van der Waals surface area contributed by atoms with Crippen LogP contribution in [0.2, 0.25) is 0 Å². The number of amides is 2. The fourth-order valence-electron chi connectivity index (χ4n) is 2.43. The molecule has 2 aromatic rings. The third-order valence-electron chi connectivity index (χ3n) is 3.63. The standard InChI is InChI=1S/C18H18N2O4/c19-18(22)13-3-5-14(6-4-13)20-17(21)11-12-2-7-15-16(10-12)24-9-1-8-23-15/h2-7,10H,1,8-9,11H2,(H2,19,22)(H,20,21). The Morgan fingerprint density at radius 2 is 1.71 bits per heavy atom. The maximum absolute atomic E-state index is 12.2. The van der Waals surface area contributed by atoms with Crippen LogP contribution in [0, 0.1) is 0 Å². The molecule has 0 bridgehead atoms. The van der Waals surface area contributed by atoms with Crippen LogP contribution in [0.5, 0.6) is 11.5 Å². The molecule has 6 heteroatoms. The quantitative estimate of drug-likeness (QED) is 0.900. The van der Waals surface area contributed by atoms with Gasteiger partial charge in [-0.2, -0.15) is 0 Å². The molecule has 124 valence electrons. The summed E-state index contributed by atoms with van der Waals surface area (Å²) in [6.45, 7) is 1.24. The van der Waals surface area contributed by atoms with Gasteiger partial charge in [0.15, 0.2) is 11.5 Å². The predicted octanol–water partition coefficient (Wildman–Crippen LogP) is 2.13. The van der Waals surface area contributed by atoms with Crippen molar-refractivity contribution in [3.05, 3.63) is 53.6 Å². The highest BCUT2D eigenvalue weighted by Crippen LogP contribution is 2.30. The normalized spacial score (nSPS) is 13.0. The van der Waals surface area contributed by atoms with E-state index in [-0.39, 0.29) is 12.3 Å². The van der Waals surface area contributed by atoms with Gasteiger partial charge in [-0.15, -0.1) is 0 Å². The first-order valence-corrected chi connectivity index (χ1v) is 7.70. The number of carbonyl (C=O) groups excluding carboxylic acids is 2. The smallest absolute Gasteiger partial charge is 0.248 e. The largest absolute Gasteiger partial charge is 0.490 e. The van der Waals surface area contributed by atoms with Crippen molar-refractivity contribution in [1.82, 2.24) is 0 Å². The molecule has 6 nitrogen and oxygen atoms in total. The van der Waals surface area contributed by atoms with Crippen molar-refractivity contribution in [1.29, 1.82) is 0 Å². The van der Waals surface area contributed by atoms with Crippen molar-refractivity contribution in [2.24, 2.45) is 5.73 Å². The molecule has 24 heavy (non-hydrogen) atoms. The number of carbonyl (C=O) groups is 2. The van der Waals surface area contributed by atoms with Gasteiger partial charge in [0.05, 0.1) is 19.6 Å². The first kappa shape index (κ1) is 15.9. The molecule has 0 unspecified atom stereocenters. The van der Waals surface area contributed by atoms with E-state index in [0.29, 0.717) is 36.0 Å². The highest BCUT2D eigenvalue weighted by atomic mass is 16.5. The van der Waals surface area contributed by atoms with Crippen molar-refractivity contribution in [2.45, 2.75) is 12.8 Å². The molecule has 0 fully saturated rings. The summed E-state index contributed by atoms with van der Waals surface area (Å²) < 4.78 is 11.2. The predicted molar refractivity (Wildman–Crippen MR) is 89.3 cm³/mol. The van der Waals surface area contributed by atoms with Crippen LogP contribution in [0.15, 0.2) is 42.5 Å². The highest BCUT2D eigenvalue weighted by Gasteiger charge is 2.12. The number of rotatable bonds is 4. The van der Waals surface area contributed by atoms with Gasteiger partial charge in [0.25, 0.3) is 0 Å². The van der Waals surface area contributed by atoms with Gasteiger partial charge in [-0.3, -0.25) is 9.59 Å². The average Bonchev–Trinajstić information content (AvgIpc) is 2.80. The summed E-state index contributed by atoms with van der Waals surface area (Å²) in [4.78, 5) is 23.2. The van der Waals surface area contributed by atoms with Crippen LogP contribution < -0.4 is 20.5 Å². The summed E-state index contributed by atoms with van der Waals surface area (Å²) in [7, 11) is 0. The molecule has 0 saturated carbocycles. The summed E-state index contributed by atoms with van der Waals surface area (Å²) in [6, 6.07) is 11.9. The molecule has 0 radical (unpaired) electrons. The zero-order valence-electron chi connectivity index (χ0n) is 13.1. The Labute approximate surface area is 139 Å². The van der Waals surface area contributed by atoms with Gasteiger partial charge in [-0.05, 0) is 42.0 Å². The van der Waals surface area contributed by atoms with Crippen LogP contribution >= 0.6 is 0 Å². The van der Waals surface area contributed by atoms with Gasteiger partial charge in [0.1, 0.15) is 0 Å². The lowest BCUT2D eigenvalue weighted by Crippen LogP contribution is -2.15. The Kier molecular flexibility index (Phi) is 4.65. The van der Waals surface area contributed by atoms with Crippen molar-refractivity contribution < 1.29 is 19.1 Å². The number of primary amides is 1. The summed E-state index contributed by atoms with van der Waals surface area (Å²) in [6.07, 6.45) is 1.06. The second kappa shape index (κ2) is 7.04. The lowest BCUT2D eigenvalue weighted by atomic mass is 10.1. The average molecular weight is 326 g/mol. The monoisotopic (exact) mass is 326 g/mol. The number of hydrogen-bond acceptors (Lipinski definition) is 4. The number of ether oxygens (including phenoxy) is 2. The van der Waals surface area contributed by atoms with Gasteiger partial charge >= 0.3 is 0 Å². The molecular formula is C18H18N2O4. The van der Waals surface area contributed by atoms with Crippen LogP contribution in [0.4, 0.5) is 5.69 Å². The van der Waals surface area contributed by atoms with Gasteiger partial charge in [-0.25, -0.2) is 0 Å². The Hall–Kier alpha value is -3.02. The third-order valence-corrected chi connectivity index (χ3v) is 3.63. The fraction of sp³-hybridized carbons (Fsp3) is 0.222. The number of nitrogens with one attached hydrogen (secondary N) is 1. The van der Waals surface area contributed by atoms with E-state index in [1.165, 1.54) is 0 Å². The van der Waals surface area contributed by atoms with E-state index in [0.717, 1.165) is 12.0 Å². The van der Waals surface area contributed by atoms with Crippen molar-refractivity contribution >= 4 is 17.5 Å². The molecule has 1 aliphatic heterocycles. The van der Waals surface area contributed by atoms with Crippen LogP contribution in [0.25, 0.3) is 0 Å². The minimum Gasteiger partial charge on any atom is -0.490 e. The summed E-state index contributed by atoms with van der Waals surface area (Å²) >= 11 is 0.